The molecule has 0 atom stereocenters. The summed E-state index contributed by atoms with van der Waals surface area (Å²) in [4.78, 5) is 12.3. The van der Waals surface area contributed by atoms with Gasteiger partial charge in [0.05, 0.1) is 11.8 Å². The van der Waals surface area contributed by atoms with Crippen LogP contribution in [-0.4, -0.2) is 20.6 Å². The second-order valence-corrected chi connectivity index (χ2v) is 6.67. The number of nitrogens with one attached hydrogen (secondary N) is 1. The van der Waals surface area contributed by atoms with E-state index in [1.165, 1.54) is 18.2 Å². The molecule has 0 radical (unpaired) electrons. The van der Waals surface area contributed by atoms with Gasteiger partial charge < -0.3 is 9.50 Å². The van der Waals surface area contributed by atoms with Crippen molar-refractivity contribution in [1.29, 1.82) is 0 Å². The van der Waals surface area contributed by atoms with Gasteiger partial charge in [0.1, 0.15) is 5.82 Å². The molecule has 0 heterocycles. The minimum atomic E-state index is -3.74. The summed E-state index contributed by atoms with van der Waals surface area (Å²) < 4.78 is 40.2. The molecule has 0 bridgehead atoms. The molecule has 23 heavy (non-hydrogen) atoms. The second-order valence-electron chi connectivity index (χ2n) is 5.10. The van der Waals surface area contributed by atoms with Crippen LogP contribution in [0, 0.1) is 12.7 Å². The zero-order chi connectivity index (χ0) is 17.0. The third-order valence-corrected chi connectivity index (χ3v) is 3.47. The van der Waals surface area contributed by atoms with Crippen LogP contribution in [0.1, 0.15) is 21.5 Å². The zero-order valence-electron chi connectivity index (χ0n) is 12.7. The maximum atomic E-state index is 12.8. The molecule has 7 heteroatoms. The molecule has 1 amide bonds. The third kappa shape index (κ3) is 5.07. The van der Waals surface area contributed by atoms with Crippen LogP contribution in [0.5, 0.6) is 5.75 Å². The molecular formula is C16H16FNO4S. The lowest BCUT2D eigenvalue weighted by atomic mass is 10.1. The molecule has 5 nitrogen and oxygen atoms in total. The maximum Gasteiger partial charge on any atom is 0.306 e. The van der Waals surface area contributed by atoms with Gasteiger partial charge in [-0.1, -0.05) is 23.8 Å². The molecular weight excluding hydrogens is 321 g/mol. The molecule has 122 valence electrons. The Balaban J connectivity index is 2.17. The van der Waals surface area contributed by atoms with Crippen LogP contribution < -0.4 is 9.50 Å². The Labute approximate surface area is 134 Å². The van der Waals surface area contributed by atoms with Crippen molar-refractivity contribution >= 4 is 16.0 Å². The lowest BCUT2D eigenvalue weighted by molar-refractivity contribution is 0.0949. The Morgan fingerprint density at radius 3 is 2.43 bits per heavy atom. The predicted molar refractivity (Wildman–Crippen MR) is 84.2 cm³/mol. The first kappa shape index (κ1) is 17.0. The van der Waals surface area contributed by atoms with E-state index in [2.05, 4.69) is 5.32 Å². The summed E-state index contributed by atoms with van der Waals surface area (Å²) in [5.41, 5.74) is 1.63. The largest absolute Gasteiger partial charge is 0.382 e. The summed E-state index contributed by atoms with van der Waals surface area (Å²) >= 11 is 0. The highest BCUT2D eigenvalue weighted by Gasteiger charge is 2.16. The lowest BCUT2D eigenvalue weighted by Gasteiger charge is -2.11. The quantitative estimate of drug-likeness (QED) is 0.851. The van der Waals surface area contributed by atoms with Crippen molar-refractivity contribution in [3.63, 3.8) is 0 Å². The molecule has 2 aromatic rings. The van der Waals surface area contributed by atoms with E-state index in [1.807, 2.05) is 0 Å². The van der Waals surface area contributed by atoms with Crippen molar-refractivity contribution in [2.45, 2.75) is 13.5 Å². The van der Waals surface area contributed by atoms with Crippen molar-refractivity contribution in [2.24, 2.45) is 0 Å². The molecule has 0 spiro atoms. The molecule has 0 saturated heterocycles. The van der Waals surface area contributed by atoms with Gasteiger partial charge in [-0.2, -0.15) is 8.42 Å². The van der Waals surface area contributed by atoms with E-state index >= 15 is 0 Å². The Morgan fingerprint density at radius 1 is 1.17 bits per heavy atom. The molecule has 0 fully saturated rings. The molecule has 1 N–H and O–H groups in total. The van der Waals surface area contributed by atoms with Crippen molar-refractivity contribution < 1.29 is 21.8 Å². The van der Waals surface area contributed by atoms with E-state index in [9.17, 15) is 17.6 Å². The summed E-state index contributed by atoms with van der Waals surface area (Å²) in [6, 6.07) is 10.3. The molecule has 0 aliphatic carbocycles. The number of amides is 1. The number of carbonyl (C=O) groups excluding carboxylic acids is 1. The number of halogens is 1. The van der Waals surface area contributed by atoms with Crippen LogP contribution in [0.25, 0.3) is 0 Å². The van der Waals surface area contributed by atoms with Crippen LogP contribution in [0.15, 0.2) is 42.5 Å². The Kier molecular flexibility index (Phi) is 5.00. The monoisotopic (exact) mass is 337 g/mol. The van der Waals surface area contributed by atoms with Crippen LogP contribution in [0.4, 0.5) is 4.39 Å². The first-order chi connectivity index (χ1) is 10.7. The van der Waals surface area contributed by atoms with E-state index < -0.39 is 16.0 Å². The van der Waals surface area contributed by atoms with Gasteiger partial charge in [-0.3, -0.25) is 4.79 Å². The number of aryl methyl sites for hydroxylation is 1. The molecule has 0 aliphatic heterocycles. The number of carbonyl (C=O) groups is 1. The smallest absolute Gasteiger partial charge is 0.306 e. The number of benzene rings is 2. The van der Waals surface area contributed by atoms with Crippen molar-refractivity contribution in [3.8, 4) is 5.75 Å². The topological polar surface area (TPSA) is 72.5 Å². The molecule has 0 unspecified atom stereocenters. The molecule has 2 aromatic carbocycles. The van der Waals surface area contributed by atoms with Gasteiger partial charge in [0.2, 0.25) is 0 Å². The van der Waals surface area contributed by atoms with Crippen LogP contribution >= 0.6 is 0 Å². The fourth-order valence-electron chi connectivity index (χ4n) is 1.94. The van der Waals surface area contributed by atoms with Crippen LogP contribution in [0.2, 0.25) is 0 Å². The first-order valence-electron chi connectivity index (χ1n) is 6.77. The number of hydrogen-bond acceptors (Lipinski definition) is 4. The van der Waals surface area contributed by atoms with Gasteiger partial charge in [-0.05, 0) is 36.8 Å². The summed E-state index contributed by atoms with van der Waals surface area (Å²) in [6.07, 6.45) is 0.910. The fraction of sp³-hybridized carbons (Fsp3) is 0.188. The Bertz CT molecular complexity index is 816. The minimum Gasteiger partial charge on any atom is -0.382 e. The fourth-order valence-corrected chi connectivity index (χ4v) is 2.41. The average Bonchev–Trinajstić information content (AvgIpc) is 2.47. The zero-order valence-corrected chi connectivity index (χ0v) is 13.5. The first-order valence-corrected chi connectivity index (χ1v) is 8.59. The number of rotatable bonds is 5. The summed E-state index contributed by atoms with van der Waals surface area (Å²) in [5.74, 6) is -0.867. The second kappa shape index (κ2) is 6.78. The van der Waals surface area contributed by atoms with E-state index in [-0.39, 0.29) is 23.7 Å². The van der Waals surface area contributed by atoms with E-state index in [0.29, 0.717) is 0 Å². The standard InChI is InChI=1S/C16H16FNO4S/c1-11-3-8-15(22-23(2,20)21)14(9-11)16(19)18-10-12-4-6-13(17)7-5-12/h3-9H,10H2,1-2H3,(H,18,19). The van der Waals surface area contributed by atoms with Gasteiger partial charge in [0.15, 0.2) is 5.75 Å². The van der Waals surface area contributed by atoms with Gasteiger partial charge in [0.25, 0.3) is 5.91 Å². The van der Waals surface area contributed by atoms with E-state index in [4.69, 9.17) is 4.18 Å². The van der Waals surface area contributed by atoms with E-state index in [0.717, 1.165) is 17.4 Å². The van der Waals surface area contributed by atoms with E-state index in [1.54, 1.807) is 31.2 Å². The Hall–Kier alpha value is -2.41. The average molecular weight is 337 g/mol. The molecule has 2 rings (SSSR count). The minimum absolute atomic E-state index is 0.0327. The molecule has 0 saturated carbocycles. The van der Waals surface area contributed by atoms with Gasteiger partial charge >= 0.3 is 10.1 Å². The van der Waals surface area contributed by atoms with Gasteiger partial charge in [0, 0.05) is 6.54 Å². The van der Waals surface area contributed by atoms with Crippen molar-refractivity contribution in [1.82, 2.24) is 5.32 Å². The van der Waals surface area contributed by atoms with Crippen molar-refractivity contribution in [3.05, 3.63) is 65.0 Å². The highest BCUT2D eigenvalue weighted by Crippen LogP contribution is 2.21. The SMILES string of the molecule is Cc1ccc(OS(C)(=O)=O)c(C(=O)NCc2ccc(F)cc2)c1. The number of hydrogen-bond donors (Lipinski definition) is 1. The van der Waals surface area contributed by atoms with Crippen LogP contribution in [-0.2, 0) is 16.7 Å². The Morgan fingerprint density at radius 2 is 1.83 bits per heavy atom. The third-order valence-electron chi connectivity index (χ3n) is 2.99. The lowest BCUT2D eigenvalue weighted by Crippen LogP contribution is -2.24. The van der Waals surface area contributed by atoms with Crippen molar-refractivity contribution in [2.75, 3.05) is 6.26 Å². The summed E-state index contributed by atoms with van der Waals surface area (Å²) in [6.45, 7) is 1.96. The highest BCUT2D eigenvalue weighted by molar-refractivity contribution is 7.86. The van der Waals surface area contributed by atoms with Gasteiger partial charge in [-0.15, -0.1) is 0 Å². The molecule has 0 aliphatic rings. The van der Waals surface area contributed by atoms with Gasteiger partial charge in [-0.25, -0.2) is 4.39 Å². The van der Waals surface area contributed by atoms with Crippen LogP contribution in [0.3, 0.4) is 0 Å². The highest BCUT2D eigenvalue weighted by atomic mass is 32.2. The predicted octanol–water partition coefficient (Wildman–Crippen LogP) is 2.40. The maximum absolute atomic E-state index is 12.8. The summed E-state index contributed by atoms with van der Waals surface area (Å²) in [7, 11) is -3.74. The summed E-state index contributed by atoms with van der Waals surface area (Å²) in [5, 5.41) is 2.65. The normalized spacial score (nSPS) is 11.1. The molecule has 0 aromatic heterocycles.